The Balaban J connectivity index is 2.03. The molecule has 5 nitrogen and oxygen atoms in total. The second-order valence-electron chi connectivity index (χ2n) is 3.73. The number of benzene rings is 1. The number of rotatable bonds is 2. The summed E-state index contributed by atoms with van der Waals surface area (Å²) in [6.07, 6.45) is -0.304. The summed E-state index contributed by atoms with van der Waals surface area (Å²) in [5, 5.41) is 9.05. The molecule has 1 fully saturated rings. The highest BCUT2D eigenvalue weighted by Crippen LogP contribution is 2.22. The Labute approximate surface area is 106 Å². The summed E-state index contributed by atoms with van der Waals surface area (Å²) in [5.41, 5.74) is 0.416. The lowest BCUT2D eigenvalue weighted by Crippen LogP contribution is -2.54. The van der Waals surface area contributed by atoms with E-state index < -0.39 is 12.2 Å². The molecule has 1 amide bonds. The van der Waals surface area contributed by atoms with Crippen LogP contribution in [0.3, 0.4) is 0 Å². The van der Waals surface area contributed by atoms with Crippen molar-refractivity contribution in [2.45, 2.75) is 6.10 Å². The topological polar surface area (TPSA) is 66.8 Å². The second-order valence-corrected chi connectivity index (χ2v) is 4.58. The molecular weight excluding hydrogens is 290 g/mol. The van der Waals surface area contributed by atoms with Gasteiger partial charge in [-0.15, -0.1) is 0 Å². The summed E-state index contributed by atoms with van der Waals surface area (Å²) < 4.78 is 5.71. The largest absolute Gasteiger partial charge is 0.415 e. The molecule has 1 aliphatic heterocycles. The van der Waals surface area contributed by atoms with Crippen molar-refractivity contribution in [3.63, 3.8) is 0 Å². The maximum absolute atomic E-state index is 11.5. The minimum atomic E-state index is -0.519. The van der Waals surface area contributed by atoms with E-state index in [1.807, 2.05) is 0 Å². The molecule has 0 spiro atoms. The molecule has 0 unspecified atom stereocenters. The number of β-amino-alcohol motifs (C(OH)–C–C–N with tert-alkyl or cyclic N) is 1. The summed E-state index contributed by atoms with van der Waals surface area (Å²) in [4.78, 5) is 23.6. The summed E-state index contributed by atoms with van der Waals surface area (Å²) in [6, 6.07) is 4.70. The van der Waals surface area contributed by atoms with E-state index in [4.69, 9.17) is 9.84 Å². The number of carbonyl (C=O) groups excluding carboxylic acids is 2. The minimum Gasteiger partial charge on any atom is -0.410 e. The number of carbonyl (C=O) groups is 2. The fourth-order valence-corrected chi connectivity index (χ4v) is 1.79. The Hall–Kier alpha value is -1.40. The first-order valence-corrected chi connectivity index (χ1v) is 5.79. The van der Waals surface area contributed by atoms with Crippen molar-refractivity contribution in [2.24, 2.45) is 0 Å². The quantitative estimate of drug-likeness (QED) is 0.839. The zero-order valence-corrected chi connectivity index (χ0v) is 10.4. The Morgan fingerprint density at radius 2 is 2.24 bits per heavy atom. The van der Waals surface area contributed by atoms with Gasteiger partial charge in [0.05, 0.1) is 19.2 Å². The standard InChI is InChI=1S/C11H10BrNO4/c12-10-2-1-9(3-7(10)6-14)17-11(16)13-4-8(15)5-13/h1-3,6,8,15H,4-5H2. The van der Waals surface area contributed by atoms with Gasteiger partial charge in [0, 0.05) is 10.0 Å². The molecule has 1 saturated heterocycles. The molecule has 90 valence electrons. The summed E-state index contributed by atoms with van der Waals surface area (Å²) in [7, 11) is 0. The highest BCUT2D eigenvalue weighted by Gasteiger charge is 2.30. The number of hydrogen-bond donors (Lipinski definition) is 1. The van der Waals surface area contributed by atoms with Gasteiger partial charge in [-0.2, -0.15) is 0 Å². The van der Waals surface area contributed by atoms with Crippen LogP contribution in [0.4, 0.5) is 4.79 Å². The normalized spacial score (nSPS) is 15.3. The van der Waals surface area contributed by atoms with E-state index in [-0.39, 0.29) is 13.1 Å². The van der Waals surface area contributed by atoms with E-state index in [0.29, 0.717) is 22.1 Å². The van der Waals surface area contributed by atoms with Crippen LogP contribution in [0.1, 0.15) is 10.4 Å². The molecule has 1 aromatic rings. The Bertz CT molecular complexity index is 457. The lowest BCUT2D eigenvalue weighted by atomic mass is 10.2. The van der Waals surface area contributed by atoms with E-state index in [0.717, 1.165) is 0 Å². The molecule has 1 heterocycles. The van der Waals surface area contributed by atoms with E-state index in [1.54, 1.807) is 12.1 Å². The van der Waals surface area contributed by atoms with Crippen LogP contribution in [-0.2, 0) is 0 Å². The number of halogens is 1. The van der Waals surface area contributed by atoms with Crippen LogP contribution in [0.25, 0.3) is 0 Å². The van der Waals surface area contributed by atoms with Gasteiger partial charge in [0.1, 0.15) is 5.75 Å². The monoisotopic (exact) mass is 299 g/mol. The molecule has 2 rings (SSSR count). The van der Waals surface area contributed by atoms with Crippen LogP contribution >= 0.6 is 15.9 Å². The summed E-state index contributed by atoms with van der Waals surface area (Å²) in [6.45, 7) is 0.575. The van der Waals surface area contributed by atoms with Crippen molar-refractivity contribution in [3.8, 4) is 5.75 Å². The van der Waals surface area contributed by atoms with Gasteiger partial charge in [-0.1, -0.05) is 15.9 Å². The molecule has 1 aliphatic rings. The molecule has 0 bridgehead atoms. The van der Waals surface area contributed by atoms with Crippen LogP contribution in [-0.4, -0.2) is 41.6 Å². The van der Waals surface area contributed by atoms with Crippen molar-refractivity contribution in [2.75, 3.05) is 13.1 Å². The molecule has 1 N–H and O–H groups in total. The zero-order valence-electron chi connectivity index (χ0n) is 8.80. The molecule has 6 heteroatoms. The van der Waals surface area contributed by atoms with Gasteiger partial charge in [0.2, 0.25) is 0 Å². The minimum absolute atomic E-state index is 0.288. The third-order valence-corrected chi connectivity index (χ3v) is 3.14. The van der Waals surface area contributed by atoms with E-state index in [2.05, 4.69) is 15.9 Å². The molecule has 1 aromatic carbocycles. The van der Waals surface area contributed by atoms with Gasteiger partial charge in [-0.05, 0) is 18.2 Å². The highest BCUT2D eigenvalue weighted by atomic mass is 79.9. The van der Waals surface area contributed by atoms with Crippen molar-refractivity contribution in [3.05, 3.63) is 28.2 Å². The molecule has 17 heavy (non-hydrogen) atoms. The summed E-state index contributed by atoms with van der Waals surface area (Å²) in [5.74, 6) is 0.307. The van der Waals surface area contributed by atoms with Crippen molar-refractivity contribution in [1.82, 2.24) is 4.90 Å². The number of aliphatic hydroxyl groups is 1. The Morgan fingerprint density at radius 3 is 2.82 bits per heavy atom. The number of ether oxygens (including phenoxy) is 1. The van der Waals surface area contributed by atoms with Gasteiger partial charge >= 0.3 is 6.09 Å². The number of amides is 1. The van der Waals surface area contributed by atoms with Crippen molar-refractivity contribution in [1.29, 1.82) is 0 Å². The third kappa shape index (κ3) is 2.65. The SMILES string of the molecule is O=Cc1cc(OC(=O)N2CC(O)C2)ccc1Br. The molecule has 0 atom stereocenters. The third-order valence-electron chi connectivity index (χ3n) is 2.42. The van der Waals surface area contributed by atoms with Gasteiger partial charge < -0.3 is 14.7 Å². The van der Waals surface area contributed by atoms with Gasteiger partial charge in [0.25, 0.3) is 0 Å². The lowest BCUT2D eigenvalue weighted by molar-refractivity contribution is 0.0127. The first kappa shape index (κ1) is 12.1. The van der Waals surface area contributed by atoms with Crippen LogP contribution in [0.2, 0.25) is 0 Å². The van der Waals surface area contributed by atoms with Crippen molar-refractivity contribution >= 4 is 28.3 Å². The average molecular weight is 300 g/mol. The van der Waals surface area contributed by atoms with Gasteiger partial charge in [-0.3, -0.25) is 4.79 Å². The fourth-order valence-electron chi connectivity index (χ4n) is 1.45. The van der Waals surface area contributed by atoms with E-state index >= 15 is 0 Å². The van der Waals surface area contributed by atoms with Gasteiger partial charge in [-0.25, -0.2) is 4.79 Å². The maximum atomic E-state index is 11.5. The van der Waals surface area contributed by atoms with Crippen LogP contribution in [0.15, 0.2) is 22.7 Å². The average Bonchev–Trinajstić information content (AvgIpc) is 2.27. The number of hydrogen-bond acceptors (Lipinski definition) is 4. The molecule has 0 radical (unpaired) electrons. The van der Waals surface area contributed by atoms with Crippen LogP contribution in [0.5, 0.6) is 5.75 Å². The van der Waals surface area contributed by atoms with E-state index in [1.165, 1.54) is 11.0 Å². The molecule has 0 aliphatic carbocycles. The van der Waals surface area contributed by atoms with Crippen LogP contribution < -0.4 is 4.74 Å². The Morgan fingerprint density at radius 1 is 1.53 bits per heavy atom. The fraction of sp³-hybridized carbons (Fsp3) is 0.273. The zero-order chi connectivity index (χ0) is 12.4. The number of aliphatic hydroxyl groups excluding tert-OH is 1. The number of nitrogens with zero attached hydrogens (tertiary/aromatic N) is 1. The number of likely N-dealkylation sites (tertiary alicyclic amines) is 1. The molecule has 0 saturated carbocycles. The Kier molecular flexibility index (Phi) is 3.44. The smallest absolute Gasteiger partial charge is 0.410 e. The molecular formula is C11H10BrNO4. The van der Waals surface area contributed by atoms with E-state index in [9.17, 15) is 9.59 Å². The first-order chi connectivity index (χ1) is 8.10. The predicted molar refractivity (Wildman–Crippen MR) is 63.1 cm³/mol. The summed E-state index contributed by atoms with van der Waals surface area (Å²) >= 11 is 3.20. The maximum Gasteiger partial charge on any atom is 0.415 e. The lowest BCUT2D eigenvalue weighted by Gasteiger charge is -2.34. The predicted octanol–water partition coefficient (Wildman–Crippen LogP) is 1.44. The highest BCUT2D eigenvalue weighted by molar-refractivity contribution is 9.10. The first-order valence-electron chi connectivity index (χ1n) is 4.99. The van der Waals surface area contributed by atoms with Crippen LogP contribution in [0, 0.1) is 0 Å². The van der Waals surface area contributed by atoms with Gasteiger partial charge in [0.15, 0.2) is 6.29 Å². The van der Waals surface area contributed by atoms with Crippen molar-refractivity contribution < 1.29 is 19.4 Å². The number of aldehydes is 1. The molecule has 0 aromatic heterocycles. The second kappa shape index (κ2) is 4.85.